The third kappa shape index (κ3) is 3.19. The second-order valence-electron chi connectivity index (χ2n) is 2.65. The molecule has 1 aromatic carbocycles. The highest BCUT2D eigenvalue weighted by molar-refractivity contribution is 5.76. The molecule has 0 fully saturated rings. The average Bonchev–Trinajstić information content (AvgIpc) is 2.29. The summed E-state index contributed by atoms with van der Waals surface area (Å²) in [6, 6.07) is 7.53. The number of benzene rings is 1. The van der Waals surface area contributed by atoms with E-state index in [0.717, 1.165) is 10.9 Å². The van der Waals surface area contributed by atoms with Crippen LogP contribution in [0.5, 0.6) is 0 Å². The van der Waals surface area contributed by atoms with Gasteiger partial charge in [-0.3, -0.25) is 4.79 Å². The first-order valence-electron chi connectivity index (χ1n) is 4.28. The summed E-state index contributed by atoms with van der Waals surface area (Å²) in [5.74, 6) is 0. The average molecular weight is 202 g/mol. The first-order valence-corrected chi connectivity index (χ1v) is 4.28. The van der Waals surface area contributed by atoms with Gasteiger partial charge in [-0.15, -0.1) is 0 Å². The van der Waals surface area contributed by atoms with Crippen LogP contribution in [0.15, 0.2) is 47.9 Å². The van der Waals surface area contributed by atoms with Crippen molar-refractivity contribution < 1.29 is 4.79 Å². The number of nitrogens with zero attached hydrogens (tertiary/aromatic N) is 1. The van der Waals surface area contributed by atoms with Crippen molar-refractivity contribution in [2.45, 2.75) is 0 Å². The molecule has 0 spiro atoms. The Morgan fingerprint density at radius 3 is 2.67 bits per heavy atom. The summed E-state index contributed by atoms with van der Waals surface area (Å²) in [6.45, 7) is 3.11. The Hall–Kier alpha value is -2.23. The molecule has 1 aromatic heterocycles. The lowest BCUT2D eigenvalue weighted by atomic mass is 10.2. The van der Waals surface area contributed by atoms with Crippen molar-refractivity contribution in [3.8, 4) is 0 Å². The Bertz CT molecular complexity index is 511. The Kier molecular flexibility index (Phi) is 3.97. The molecule has 1 N–H and O–H groups in total. The minimum atomic E-state index is -0.302. The maximum absolute atomic E-state index is 10.7. The molecule has 0 aliphatic carbocycles. The first kappa shape index (κ1) is 10.8. The van der Waals surface area contributed by atoms with E-state index in [-0.39, 0.29) is 5.69 Å². The van der Waals surface area contributed by atoms with Gasteiger partial charge in [-0.2, -0.15) is 0 Å². The van der Waals surface area contributed by atoms with Crippen LogP contribution in [0.4, 0.5) is 0 Å². The van der Waals surface area contributed by atoms with Crippen molar-refractivity contribution in [3.05, 3.63) is 53.6 Å². The minimum absolute atomic E-state index is 0.302. The number of nitrogens with one attached hydrogen (secondary N) is 1. The van der Waals surface area contributed by atoms with Crippen LogP contribution in [0.3, 0.4) is 0 Å². The van der Waals surface area contributed by atoms with Crippen molar-refractivity contribution >= 4 is 17.2 Å². The molecule has 0 atom stereocenters. The summed E-state index contributed by atoms with van der Waals surface area (Å²) < 4.78 is 0. The van der Waals surface area contributed by atoms with Crippen molar-refractivity contribution in [2.24, 2.45) is 0 Å². The van der Waals surface area contributed by atoms with E-state index in [1.165, 1.54) is 6.08 Å². The molecule has 0 bridgehead atoms. The van der Waals surface area contributed by atoms with Gasteiger partial charge in [-0.05, 0) is 12.1 Å². The number of para-hydroxylation sites is 1. The Labute approximate surface area is 86.3 Å². The Morgan fingerprint density at radius 1 is 1.33 bits per heavy atom. The fourth-order valence-corrected chi connectivity index (χ4v) is 0.999. The summed E-state index contributed by atoms with van der Waals surface area (Å²) in [5, 5.41) is 0.951. The van der Waals surface area contributed by atoms with Gasteiger partial charge >= 0.3 is 5.69 Å². The molecule has 76 valence electrons. The number of fused-ring (bicyclic) bond motifs is 1. The van der Waals surface area contributed by atoms with Crippen molar-refractivity contribution in [2.75, 3.05) is 0 Å². The molecule has 0 saturated carbocycles. The van der Waals surface area contributed by atoms with E-state index in [1.54, 1.807) is 6.20 Å². The molecular weight excluding hydrogens is 192 g/mol. The number of carbonyl (C=O) groups excluding carboxylic acids is 1. The molecule has 4 nitrogen and oxygen atoms in total. The van der Waals surface area contributed by atoms with Gasteiger partial charge in [0.25, 0.3) is 0 Å². The van der Waals surface area contributed by atoms with Crippen LogP contribution in [0, 0.1) is 0 Å². The van der Waals surface area contributed by atoms with Crippen LogP contribution >= 0.6 is 0 Å². The molecule has 0 aliphatic rings. The predicted molar refractivity (Wildman–Crippen MR) is 58.6 cm³/mol. The van der Waals surface area contributed by atoms with E-state index in [2.05, 4.69) is 16.5 Å². The van der Waals surface area contributed by atoms with Gasteiger partial charge in [0.05, 0.1) is 5.52 Å². The SMILES string of the molecule is C=CC=O.O=c1ncc2ccccc2[nH]1. The number of aldehydes is 1. The van der Waals surface area contributed by atoms with Gasteiger partial charge in [-0.25, -0.2) is 9.78 Å². The number of carbonyl (C=O) groups is 1. The van der Waals surface area contributed by atoms with Gasteiger partial charge in [0, 0.05) is 11.6 Å². The van der Waals surface area contributed by atoms with Crippen LogP contribution in [0.2, 0.25) is 0 Å². The lowest BCUT2D eigenvalue weighted by Gasteiger charge is -1.92. The van der Waals surface area contributed by atoms with E-state index < -0.39 is 0 Å². The van der Waals surface area contributed by atoms with Gasteiger partial charge in [0.15, 0.2) is 0 Å². The standard InChI is InChI=1S/C8H6N2O.C3H4O/c11-8-9-5-6-3-1-2-4-7(6)10-8;1-2-3-4/h1-5H,(H,9,10,11);2-3H,1H2. The molecule has 0 saturated heterocycles. The quantitative estimate of drug-likeness (QED) is 0.560. The zero-order chi connectivity index (χ0) is 11.1. The van der Waals surface area contributed by atoms with Crippen LogP contribution in [0.1, 0.15) is 0 Å². The lowest BCUT2D eigenvalue weighted by molar-refractivity contribution is -0.104. The van der Waals surface area contributed by atoms with Crippen molar-refractivity contribution in [1.29, 1.82) is 0 Å². The van der Waals surface area contributed by atoms with E-state index in [1.807, 2.05) is 24.3 Å². The number of hydrogen-bond donors (Lipinski definition) is 1. The molecule has 1 heterocycles. The maximum atomic E-state index is 10.7. The fourth-order valence-electron chi connectivity index (χ4n) is 0.999. The predicted octanol–water partition coefficient (Wildman–Crippen LogP) is 1.29. The normalized spacial score (nSPS) is 8.80. The largest absolute Gasteiger partial charge is 0.345 e. The summed E-state index contributed by atoms with van der Waals surface area (Å²) in [5.41, 5.74) is 0.524. The number of aromatic nitrogens is 2. The summed E-state index contributed by atoms with van der Waals surface area (Å²) >= 11 is 0. The molecule has 0 amide bonds. The van der Waals surface area contributed by atoms with Crippen LogP contribution in [0.25, 0.3) is 10.9 Å². The lowest BCUT2D eigenvalue weighted by Crippen LogP contribution is -2.07. The number of allylic oxidation sites excluding steroid dienone is 1. The second kappa shape index (κ2) is 5.49. The van der Waals surface area contributed by atoms with Crippen LogP contribution < -0.4 is 5.69 Å². The molecule has 2 rings (SSSR count). The monoisotopic (exact) mass is 202 g/mol. The van der Waals surface area contributed by atoms with Crippen LogP contribution in [-0.4, -0.2) is 16.3 Å². The van der Waals surface area contributed by atoms with Gasteiger partial charge in [-0.1, -0.05) is 24.8 Å². The van der Waals surface area contributed by atoms with Crippen molar-refractivity contribution in [1.82, 2.24) is 9.97 Å². The molecule has 15 heavy (non-hydrogen) atoms. The van der Waals surface area contributed by atoms with E-state index in [0.29, 0.717) is 6.29 Å². The Balaban J connectivity index is 0.000000245. The third-order valence-electron chi connectivity index (χ3n) is 1.62. The summed E-state index contributed by atoms with van der Waals surface area (Å²) in [4.78, 5) is 26.0. The molecule has 2 aromatic rings. The maximum Gasteiger partial charge on any atom is 0.345 e. The van der Waals surface area contributed by atoms with Crippen molar-refractivity contribution in [3.63, 3.8) is 0 Å². The molecule has 0 aliphatic heterocycles. The van der Waals surface area contributed by atoms with Crippen LogP contribution in [-0.2, 0) is 4.79 Å². The second-order valence-corrected chi connectivity index (χ2v) is 2.65. The number of H-pyrrole nitrogens is 1. The number of hydrogen-bond acceptors (Lipinski definition) is 3. The zero-order valence-electron chi connectivity index (χ0n) is 8.01. The smallest absolute Gasteiger partial charge is 0.305 e. The van der Waals surface area contributed by atoms with Gasteiger partial charge in [0.1, 0.15) is 6.29 Å². The highest BCUT2D eigenvalue weighted by atomic mass is 16.1. The number of rotatable bonds is 1. The van der Waals surface area contributed by atoms with E-state index >= 15 is 0 Å². The summed E-state index contributed by atoms with van der Waals surface area (Å²) in [6.07, 6.45) is 3.40. The highest BCUT2D eigenvalue weighted by Crippen LogP contribution is 2.05. The minimum Gasteiger partial charge on any atom is -0.305 e. The van der Waals surface area contributed by atoms with E-state index in [9.17, 15) is 4.79 Å². The Morgan fingerprint density at radius 2 is 2.00 bits per heavy atom. The summed E-state index contributed by atoms with van der Waals surface area (Å²) in [7, 11) is 0. The van der Waals surface area contributed by atoms with Gasteiger partial charge in [0.2, 0.25) is 0 Å². The molecule has 0 radical (unpaired) electrons. The number of aromatic amines is 1. The third-order valence-corrected chi connectivity index (χ3v) is 1.62. The fraction of sp³-hybridized carbons (Fsp3) is 0. The first-order chi connectivity index (χ1) is 7.27. The molecule has 4 heteroatoms. The van der Waals surface area contributed by atoms with Gasteiger partial charge < -0.3 is 4.98 Å². The topological polar surface area (TPSA) is 62.8 Å². The molecular formula is C11H10N2O2. The highest BCUT2D eigenvalue weighted by Gasteiger charge is 1.90. The molecule has 0 unspecified atom stereocenters. The van der Waals surface area contributed by atoms with E-state index in [4.69, 9.17) is 4.79 Å². The zero-order valence-corrected chi connectivity index (χ0v) is 8.01.